The Morgan fingerprint density at radius 2 is 1.62 bits per heavy atom. The van der Waals surface area contributed by atoms with Crippen molar-refractivity contribution >= 4 is 0 Å². The molecular weight excluding hydrogens is 206 g/mol. The molecule has 0 amide bonds. The summed E-state index contributed by atoms with van der Waals surface area (Å²) in [7, 11) is 2.15. The van der Waals surface area contributed by atoms with Crippen LogP contribution in [0.2, 0.25) is 0 Å². The summed E-state index contributed by atoms with van der Waals surface area (Å²) in [5, 5.41) is 2.24. The van der Waals surface area contributed by atoms with E-state index >= 15 is 0 Å². The zero-order chi connectivity index (χ0) is 11.8. The summed E-state index contributed by atoms with van der Waals surface area (Å²) < 4.78 is 10.9. The predicted octanol–water partition coefficient (Wildman–Crippen LogP) is 0.138. The van der Waals surface area contributed by atoms with E-state index in [9.17, 15) is 0 Å². The number of hydrogen-bond donors (Lipinski definition) is 1. The Morgan fingerprint density at radius 1 is 1.06 bits per heavy atom. The summed E-state index contributed by atoms with van der Waals surface area (Å²) in [6.07, 6.45) is -0.130. The zero-order valence-electron chi connectivity index (χ0n) is 10.7. The van der Waals surface area contributed by atoms with Crippen molar-refractivity contribution < 1.29 is 9.47 Å². The number of hydrogen-bond acceptors (Lipinski definition) is 5. The predicted molar refractivity (Wildman–Crippen MR) is 64.1 cm³/mol. The molecule has 0 unspecified atom stereocenters. The van der Waals surface area contributed by atoms with Crippen LogP contribution in [0.4, 0.5) is 0 Å². The molecule has 0 saturated carbocycles. The molecule has 0 atom stereocenters. The number of rotatable bonds is 7. The van der Waals surface area contributed by atoms with Crippen molar-refractivity contribution in [2.75, 3.05) is 53.0 Å². The molecule has 5 nitrogen and oxygen atoms in total. The highest BCUT2D eigenvalue weighted by molar-refractivity contribution is 4.66. The molecule has 1 saturated heterocycles. The smallest absolute Gasteiger partial charge is 0.171 e. The monoisotopic (exact) mass is 231 g/mol. The number of piperazine rings is 1. The van der Waals surface area contributed by atoms with Gasteiger partial charge in [-0.05, 0) is 20.9 Å². The average Bonchev–Trinajstić information content (AvgIpc) is 2.29. The molecule has 96 valence electrons. The van der Waals surface area contributed by atoms with Crippen molar-refractivity contribution in [2.24, 2.45) is 0 Å². The summed E-state index contributed by atoms with van der Waals surface area (Å²) >= 11 is 0. The highest BCUT2D eigenvalue weighted by Crippen LogP contribution is 1.98. The number of nitrogens with zero attached hydrogens (tertiary/aromatic N) is 2. The Kier molecular flexibility index (Phi) is 6.91. The Balaban J connectivity index is 2.15. The van der Waals surface area contributed by atoms with Crippen LogP contribution in [0.3, 0.4) is 0 Å². The van der Waals surface area contributed by atoms with Crippen molar-refractivity contribution in [3.05, 3.63) is 0 Å². The van der Waals surface area contributed by atoms with Gasteiger partial charge >= 0.3 is 0 Å². The van der Waals surface area contributed by atoms with Crippen LogP contribution in [0.5, 0.6) is 0 Å². The van der Waals surface area contributed by atoms with E-state index in [2.05, 4.69) is 22.4 Å². The maximum Gasteiger partial charge on any atom is 0.171 e. The maximum atomic E-state index is 5.47. The van der Waals surface area contributed by atoms with Gasteiger partial charge in [0.1, 0.15) is 0 Å². The van der Waals surface area contributed by atoms with Gasteiger partial charge in [-0.15, -0.1) is 0 Å². The van der Waals surface area contributed by atoms with Crippen LogP contribution in [-0.4, -0.2) is 69.2 Å². The molecule has 0 radical (unpaired) electrons. The standard InChI is InChI=1S/C11H25N3O2/c1-4-15-11(16-5-2)10-12-14-8-6-13(3)7-9-14/h11-12H,4-10H2,1-3H3. The van der Waals surface area contributed by atoms with Gasteiger partial charge in [-0.3, -0.25) is 5.43 Å². The fourth-order valence-electron chi connectivity index (χ4n) is 1.71. The molecule has 0 aromatic carbocycles. The van der Waals surface area contributed by atoms with Crippen LogP contribution < -0.4 is 5.43 Å². The molecule has 0 aliphatic carbocycles. The lowest BCUT2D eigenvalue weighted by Crippen LogP contribution is -2.52. The van der Waals surface area contributed by atoms with Crippen LogP contribution in [0, 0.1) is 0 Å². The Labute approximate surface area is 98.6 Å². The fraction of sp³-hybridized carbons (Fsp3) is 1.00. The van der Waals surface area contributed by atoms with E-state index in [1.165, 1.54) is 0 Å². The molecule has 5 heteroatoms. The van der Waals surface area contributed by atoms with Crippen molar-refractivity contribution in [3.63, 3.8) is 0 Å². The van der Waals surface area contributed by atoms with Gasteiger partial charge in [-0.25, -0.2) is 5.01 Å². The van der Waals surface area contributed by atoms with Gasteiger partial charge < -0.3 is 14.4 Å². The minimum atomic E-state index is -0.130. The molecule has 1 rings (SSSR count). The van der Waals surface area contributed by atoms with Crippen LogP contribution in [0.25, 0.3) is 0 Å². The van der Waals surface area contributed by atoms with Gasteiger partial charge in [0.25, 0.3) is 0 Å². The number of likely N-dealkylation sites (N-methyl/N-ethyl adjacent to an activating group) is 1. The second kappa shape index (κ2) is 7.97. The number of hydrazine groups is 1. The van der Waals surface area contributed by atoms with E-state index in [0.29, 0.717) is 13.2 Å². The second-order valence-electron chi connectivity index (χ2n) is 3.99. The number of ether oxygens (including phenoxy) is 2. The summed E-state index contributed by atoms with van der Waals surface area (Å²) in [4.78, 5) is 2.33. The van der Waals surface area contributed by atoms with E-state index in [0.717, 1.165) is 32.7 Å². The third kappa shape index (κ3) is 5.23. The molecular formula is C11H25N3O2. The maximum absolute atomic E-state index is 5.47. The normalized spacial score (nSPS) is 19.5. The first-order valence-corrected chi connectivity index (χ1v) is 6.16. The molecule has 16 heavy (non-hydrogen) atoms. The fourth-order valence-corrected chi connectivity index (χ4v) is 1.71. The molecule has 1 aliphatic heterocycles. The van der Waals surface area contributed by atoms with E-state index < -0.39 is 0 Å². The lowest BCUT2D eigenvalue weighted by Gasteiger charge is -2.33. The molecule has 0 spiro atoms. The van der Waals surface area contributed by atoms with Gasteiger partial charge in [0, 0.05) is 39.4 Å². The average molecular weight is 231 g/mol. The third-order valence-corrected chi connectivity index (χ3v) is 2.69. The zero-order valence-corrected chi connectivity index (χ0v) is 10.7. The highest BCUT2D eigenvalue weighted by atomic mass is 16.7. The van der Waals surface area contributed by atoms with Crippen molar-refractivity contribution in [1.29, 1.82) is 0 Å². The van der Waals surface area contributed by atoms with Crippen molar-refractivity contribution in [1.82, 2.24) is 15.3 Å². The van der Waals surface area contributed by atoms with Gasteiger partial charge in [0.2, 0.25) is 0 Å². The minimum absolute atomic E-state index is 0.130. The summed E-state index contributed by atoms with van der Waals surface area (Å²) in [5.74, 6) is 0. The van der Waals surface area contributed by atoms with E-state index in [1.54, 1.807) is 0 Å². The van der Waals surface area contributed by atoms with E-state index in [1.807, 2.05) is 13.8 Å². The van der Waals surface area contributed by atoms with Crippen LogP contribution in [0.15, 0.2) is 0 Å². The van der Waals surface area contributed by atoms with Crippen molar-refractivity contribution in [2.45, 2.75) is 20.1 Å². The Bertz CT molecular complexity index is 167. The van der Waals surface area contributed by atoms with Crippen LogP contribution in [-0.2, 0) is 9.47 Å². The Hall–Kier alpha value is -0.200. The quantitative estimate of drug-likeness (QED) is 0.631. The first-order chi connectivity index (χ1) is 7.76. The van der Waals surface area contributed by atoms with Crippen molar-refractivity contribution in [3.8, 4) is 0 Å². The van der Waals surface area contributed by atoms with Crippen LogP contribution in [0.1, 0.15) is 13.8 Å². The number of nitrogens with one attached hydrogen (secondary N) is 1. The van der Waals surface area contributed by atoms with Gasteiger partial charge in [0.05, 0.1) is 6.54 Å². The summed E-state index contributed by atoms with van der Waals surface area (Å²) in [6, 6.07) is 0. The largest absolute Gasteiger partial charge is 0.352 e. The molecule has 1 fully saturated rings. The van der Waals surface area contributed by atoms with E-state index in [4.69, 9.17) is 9.47 Å². The SMILES string of the molecule is CCOC(CNN1CCN(C)CC1)OCC. The molecule has 0 aromatic rings. The van der Waals surface area contributed by atoms with E-state index in [-0.39, 0.29) is 6.29 Å². The first-order valence-electron chi connectivity index (χ1n) is 6.16. The molecule has 0 aromatic heterocycles. The first kappa shape index (κ1) is 13.9. The molecule has 1 heterocycles. The summed E-state index contributed by atoms with van der Waals surface area (Å²) in [5.41, 5.74) is 3.37. The highest BCUT2D eigenvalue weighted by Gasteiger charge is 2.15. The van der Waals surface area contributed by atoms with Gasteiger partial charge in [-0.2, -0.15) is 0 Å². The molecule has 1 aliphatic rings. The molecule has 1 N–H and O–H groups in total. The minimum Gasteiger partial charge on any atom is -0.352 e. The lowest BCUT2D eigenvalue weighted by molar-refractivity contribution is -0.140. The Morgan fingerprint density at radius 3 is 2.12 bits per heavy atom. The van der Waals surface area contributed by atoms with Gasteiger partial charge in [0.15, 0.2) is 6.29 Å². The van der Waals surface area contributed by atoms with Gasteiger partial charge in [-0.1, -0.05) is 0 Å². The topological polar surface area (TPSA) is 37.0 Å². The summed E-state index contributed by atoms with van der Waals surface area (Å²) in [6.45, 7) is 10.4. The second-order valence-corrected chi connectivity index (χ2v) is 3.99. The van der Waals surface area contributed by atoms with Crippen LogP contribution >= 0.6 is 0 Å². The molecule has 0 bridgehead atoms. The lowest BCUT2D eigenvalue weighted by atomic mass is 10.4. The third-order valence-electron chi connectivity index (χ3n) is 2.69.